The molecule has 1 aromatic carbocycles. The predicted molar refractivity (Wildman–Crippen MR) is 71.8 cm³/mol. The van der Waals surface area contributed by atoms with Gasteiger partial charge in [0, 0.05) is 10.1 Å². The van der Waals surface area contributed by atoms with Crippen LogP contribution in [0.5, 0.6) is 0 Å². The van der Waals surface area contributed by atoms with E-state index in [4.69, 9.17) is 0 Å². The third-order valence-corrected chi connectivity index (χ3v) is 4.77. The molecule has 0 unspecified atom stereocenters. The number of hydrogen-bond donors (Lipinski definition) is 2. The highest BCUT2D eigenvalue weighted by molar-refractivity contribution is 8.00. The van der Waals surface area contributed by atoms with E-state index in [0.717, 1.165) is 17.7 Å². The lowest BCUT2D eigenvalue weighted by molar-refractivity contribution is -0.146. The fraction of sp³-hybridized carbons (Fsp3) is 0.500. The van der Waals surface area contributed by atoms with Gasteiger partial charge in [-0.15, -0.1) is 11.8 Å². The van der Waals surface area contributed by atoms with Crippen molar-refractivity contribution in [2.75, 3.05) is 0 Å². The lowest BCUT2D eigenvalue weighted by atomic mass is 9.86. The molecule has 0 radical (unpaired) electrons. The van der Waals surface area contributed by atoms with Crippen LogP contribution in [0, 0.1) is 12.8 Å². The first-order valence-electron chi connectivity index (χ1n) is 6.22. The molecule has 0 saturated heterocycles. The maximum absolute atomic E-state index is 11.2. The zero-order valence-electron chi connectivity index (χ0n) is 10.4. The number of aliphatic hydroxyl groups excluding tert-OH is 1. The molecule has 0 amide bonds. The lowest BCUT2D eigenvalue weighted by Gasteiger charge is -2.32. The Morgan fingerprint density at radius 2 is 1.94 bits per heavy atom. The monoisotopic (exact) mass is 266 g/mol. The van der Waals surface area contributed by atoms with Crippen molar-refractivity contribution in [2.45, 2.75) is 42.4 Å². The van der Waals surface area contributed by atoms with E-state index in [-0.39, 0.29) is 5.25 Å². The van der Waals surface area contributed by atoms with Crippen molar-refractivity contribution < 1.29 is 15.0 Å². The van der Waals surface area contributed by atoms with Crippen LogP contribution in [0.2, 0.25) is 0 Å². The van der Waals surface area contributed by atoms with Crippen LogP contribution in [0.25, 0.3) is 0 Å². The van der Waals surface area contributed by atoms with Gasteiger partial charge in [-0.05, 0) is 38.3 Å². The van der Waals surface area contributed by atoms with Crippen molar-refractivity contribution >= 4 is 17.7 Å². The first-order valence-corrected chi connectivity index (χ1v) is 7.10. The summed E-state index contributed by atoms with van der Waals surface area (Å²) in [5.74, 6) is -1.53. The number of benzene rings is 1. The van der Waals surface area contributed by atoms with Crippen LogP contribution in [-0.4, -0.2) is 27.5 Å². The minimum Gasteiger partial charge on any atom is -0.481 e. The molecule has 0 aliphatic heterocycles. The minimum absolute atomic E-state index is 0.0334. The van der Waals surface area contributed by atoms with E-state index in [1.54, 1.807) is 11.8 Å². The summed E-state index contributed by atoms with van der Waals surface area (Å²) in [6.07, 6.45) is 1.64. The summed E-state index contributed by atoms with van der Waals surface area (Å²) in [4.78, 5) is 12.3. The van der Waals surface area contributed by atoms with Crippen LogP contribution < -0.4 is 0 Å². The first kappa shape index (κ1) is 13.4. The normalized spacial score (nSPS) is 28.0. The van der Waals surface area contributed by atoms with Gasteiger partial charge in [0.15, 0.2) is 0 Å². The number of aliphatic hydroxyl groups is 1. The molecule has 1 aliphatic carbocycles. The molecule has 2 rings (SSSR count). The van der Waals surface area contributed by atoms with Crippen molar-refractivity contribution in [3.05, 3.63) is 29.8 Å². The Bertz CT molecular complexity index is 416. The van der Waals surface area contributed by atoms with Gasteiger partial charge in [-0.25, -0.2) is 0 Å². The van der Waals surface area contributed by atoms with Crippen LogP contribution in [0.15, 0.2) is 29.2 Å². The van der Waals surface area contributed by atoms with E-state index in [0.29, 0.717) is 6.42 Å². The Hall–Kier alpha value is -1.00. The van der Waals surface area contributed by atoms with Gasteiger partial charge in [-0.1, -0.05) is 17.7 Å². The molecule has 1 aliphatic rings. The van der Waals surface area contributed by atoms with Gasteiger partial charge in [0.25, 0.3) is 0 Å². The molecule has 1 aromatic rings. The SMILES string of the molecule is Cc1ccc(S[C@H]2CCC[C@H](O)[C@@H]2C(=O)O)cc1. The second-order valence-corrected chi connectivity index (χ2v) is 6.14. The molecule has 98 valence electrons. The second kappa shape index (κ2) is 5.76. The molecule has 1 saturated carbocycles. The smallest absolute Gasteiger partial charge is 0.310 e. The van der Waals surface area contributed by atoms with Crippen LogP contribution >= 0.6 is 11.8 Å². The molecular formula is C14H18O3S. The van der Waals surface area contributed by atoms with Crippen LogP contribution in [0.3, 0.4) is 0 Å². The molecule has 0 bridgehead atoms. The van der Waals surface area contributed by atoms with Gasteiger partial charge in [0.2, 0.25) is 0 Å². The number of aryl methyl sites for hydroxylation is 1. The number of rotatable bonds is 3. The van der Waals surface area contributed by atoms with Gasteiger partial charge in [-0.2, -0.15) is 0 Å². The molecule has 3 nitrogen and oxygen atoms in total. The van der Waals surface area contributed by atoms with E-state index in [9.17, 15) is 15.0 Å². The average Bonchev–Trinajstić information content (AvgIpc) is 2.32. The maximum atomic E-state index is 11.2. The molecular weight excluding hydrogens is 248 g/mol. The molecule has 0 heterocycles. The van der Waals surface area contributed by atoms with Crippen molar-refractivity contribution in [1.82, 2.24) is 0 Å². The summed E-state index contributed by atoms with van der Waals surface area (Å²) in [5.41, 5.74) is 1.19. The van der Waals surface area contributed by atoms with Gasteiger partial charge in [0.1, 0.15) is 0 Å². The standard InChI is InChI=1S/C14H18O3S/c1-9-5-7-10(8-6-9)18-12-4-2-3-11(15)13(12)14(16)17/h5-8,11-13,15H,2-4H2,1H3,(H,16,17)/t11-,12-,13-/m0/s1. The topological polar surface area (TPSA) is 57.5 Å². The van der Waals surface area contributed by atoms with Crippen molar-refractivity contribution in [3.8, 4) is 0 Å². The Morgan fingerprint density at radius 1 is 1.28 bits per heavy atom. The van der Waals surface area contributed by atoms with E-state index < -0.39 is 18.0 Å². The number of aliphatic carboxylic acids is 1. The van der Waals surface area contributed by atoms with Crippen molar-refractivity contribution in [3.63, 3.8) is 0 Å². The van der Waals surface area contributed by atoms with E-state index in [2.05, 4.69) is 0 Å². The summed E-state index contributed by atoms with van der Waals surface area (Å²) >= 11 is 1.57. The van der Waals surface area contributed by atoms with Gasteiger partial charge >= 0.3 is 5.97 Å². The summed E-state index contributed by atoms with van der Waals surface area (Å²) in [6, 6.07) is 8.08. The Balaban J connectivity index is 2.10. The number of hydrogen-bond acceptors (Lipinski definition) is 3. The Kier molecular flexibility index (Phi) is 4.30. The summed E-state index contributed by atoms with van der Waals surface area (Å²) in [6.45, 7) is 2.03. The van der Waals surface area contributed by atoms with Crippen LogP contribution in [0.4, 0.5) is 0 Å². The maximum Gasteiger partial charge on any atom is 0.310 e. The first-order chi connectivity index (χ1) is 8.58. The largest absolute Gasteiger partial charge is 0.481 e. The summed E-state index contributed by atoms with van der Waals surface area (Å²) < 4.78 is 0. The number of carboxylic acid groups (broad SMARTS) is 1. The third kappa shape index (κ3) is 3.06. The molecule has 0 spiro atoms. The molecule has 2 N–H and O–H groups in total. The van der Waals surface area contributed by atoms with Crippen molar-refractivity contribution in [1.29, 1.82) is 0 Å². The quantitative estimate of drug-likeness (QED) is 0.883. The van der Waals surface area contributed by atoms with Gasteiger partial charge in [0.05, 0.1) is 12.0 Å². The van der Waals surface area contributed by atoms with Crippen molar-refractivity contribution in [2.24, 2.45) is 5.92 Å². The zero-order valence-corrected chi connectivity index (χ0v) is 11.2. The van der Waals surface area contributed by atoms with E-state index in [1.807, 2.05) is 31.2 Å². The van der Waals surface area contributed by atoms with Crippen LogP contribution in [-0.2, 0) is 4.79 Å². The lowest BCUT2D eigenvalue weighted by Crippen LogP contribution is -2.39. The highest BCUT2D eigenvalue weighted by Crippen LogP contribution is 2.37. The Morgan fingerprint density at radius 3 is 2.56 bits per heavy atom. The summed E-state index contributed by atoms with van der Waals surface area (Å²) in [7, 11) is 0. The predicted octanol–water partition coefficient (Wildman–Crippen LogP) is 2.70. The molecule has 4 heteroatoms. The fourth-order valence-corrected chi connectivity index (χ4v) is 3.75. The molecule has 18 heavy (non-hydrogen) atoms. The van der Waals surface area contributed by atoms with E-state index in [1.165, 1.54) is 5.56 Å². The zero-order chi connectivity index (χ0) is 13.1. The highest BCUT2D eigenvalue weighted by atomic mass is 32.2. The fourth-order valence-electron chi connectivity index (χ4n) is 2.38. The second-order valence-electron chi connectivity index (χ2n) is 4.83. The number of carboxylic acids is 1. The minimum atomic E-state index is -0.883. The summed E-state index contributed by atoms with van der Waals surface area (Å²) in [5, 5.41) is 19.0. The molecule has 0 aromatic heterocycles. The number of thioether (sulfide) groups is 1. The number of carbonyl (C=O) groups is 1. The van der Waals surface area contributed by atoms with Gasteiger partial charge in [-0.3, -0.25) is 4.79 Å². The molecule has 3 atom stereocenters. The van der Waals surface area contributed by atoms with Crippen LogP contribution in [0.1, 0.15) is 24.8 Å². The van der Waals surface area contributed by atoms with E-state index >= 15 is 0 Å². The molecule has 1 fully saturated rings. The van der Waals surface area contributed by atoms with Gasteiger partial charge < -0.3 is 10.2 Å². The highest BCUT2D eigenvalue weighted by Gasteiger charge is 2.38. The third-order valence-electron chi connectivity index (χ3n) is 3.40. The average molecular weight is 266 g/mol. The Labute approximate surface area is 111 Å².